The van der Waals surface area contributed by atoms with Crippen molar-refractivity contribution >= 4 is 9.84 Å². The summed E-state index contributed by atoms with van der Waals surface area (Å²) < 4.78 is 36.7. The highest BCUT2D eigenvalue weighted by Gasteiger charge is 2.48. The van der Waals surface area contributed by atoms with Crippen LogP contribution in [0.2, 0.25) is 0 Å². The second-order valence-electron chi connectivity index (χ2n) is 5.00. The lowest BCUT2D eigenvalue weighted by Gasteiger charge is -2.45. The van der Waals surface area contributed by atoms with Crippen LogP contribution in [0.4, 0.5) is 4.39 Å². The number of alkyl halides is 1. The normalized spacial score (nSPS) is 51.5. The molecule has 1 saturated carbocycles. The Morgan fingerprint density at radius 2 is 1.71 bits per heavy atom. The van der Waals surface area contributed by atoms with Crippen LogP contribution in [0, 0.1) is 11.8 Å². The molecule has 2 aliphatic rings. The topological polar surface area (TPSA) is 60.2 Å². The first-order valence-electron chi connectivity index (χ1n) is 4.94. The Hall–Kier alpha value is -0.160. The minimum absolute atomic E-state index is 0.0736. The lowest BCUT2D eigenvalue weighted by molar-refractivity contribution is 0.0530. The molecule has 0 spiro atoms. The summed E-state index contributed by atoms with van der Waals surface area (Å²) in [6, 6.07) is -0.123. The van der Waals surface area contributed by atoms with Gasteiger partial charge in [-0.15, -0.1) is 0 Å². The molecule has 3 nitrogen and oxygen atoms in total. The van der Waals surface area contributed by atoms with Gasteiger partial charge in [-0.25, -0.2) is 12.8 Å². The number of nitrogens with two attached hydrogens (primary N) is 1. The molecule has 1 heterocycles. The maximum atomic E-state index is 13.8. The van der Waals surface area contributed by atoms with Crippen molar-refractivity contribution in [3.8, 4) is 0 Å². The third-order valence-electron chi connectivity index (χ3n) is 3.40. The van der Waals surface area contributed by atoms with Crippen LogP contribution in [-0.2, 0) is 9.84 Å². The highest BCUT2D eigenvalue weighted by atomic mass is 32.2. The van der Waals surface area contributed by atoms with E-state index < -0.39 is 15.5 Å². The predicted molar refractivity (Wildman–Crippen MR) is 52.4 cm³/mol. The van der Waals surface area contributed by atoms with Gasteiger partial charge in [0.1, 0.15) is 5.67 Å². The standard InChI is InChI=1S/C9H16FNO2S/c1-9(10)2-6-4-14(12,13)5-7(3-9)8(6)11/h6-8H,2-5,11H2,1H3. The van der Waals surface area contributed by atoms with Gasteiger partial charge in [0, 0.05) is 6.04 Å². The van der Waals surface area contributed by atoms with Crippen molar-refractivity contribution in [3.63, 3.8) is 0 Å². The Balaban J connectivity index is 2.27. The molecule has 2 bridgehead atoms. The van der Waals surface area contributed by atoms with Crippen LogP contribution >= 0.6 is 0 Å². The van der Waals surface area contributed by atoms with Gasteiger partial charge in [-0.1, -0.05) is 0 Å². The Kier molecular flexibility index (Phi) is 2.16. The fourth-order valence-electron chi connectivity index (χ4n) is 2.89. The largest absolute Gasteiger partial charge is 0.327 e. The molecule has 0 amide bonds. The van der Waals surface area contributed by atoms with Gasteiger partial charge in [0.15, 0.2) is 9.84 Å². The highest BCUT2D eigenvalue weighted by molar-refractivity contribution is 7.91. The summed E-state index contributed by atoms with van der Waals surface area (Å²) in [5.74, 6) is -0.209. The average molecular weight is 221 g/mol. The van der Waals surface area contributed by atoms with Gasteiger partial charge in [-0.05, 0) is 31.6 Å². The van der Waals surface area contributed by atoms with E-state index in [2.05, 4.69) is 0 Å². The molecule has 0 aromatic rings. The van der Waals surface area contributed by atoms with Crippen molar-refractivity contribution in [2.75, 3.05) is 11.5 Å². The molecule has 82 valence electrons. The SMILES string of the molecule is CC1(F)CC2CS(=O)(=O)CC(C1)C2N. The second kappa shape index (κ2) is 2.92. The van der Waals surface area contributed by atoms with Crippen LogP contribution in [0.1, 0.15) is 19.8 Å². The van der Waals surface area contributed by atoms with Crippen LogP contribution in [-0.4, -0.2) is 31.6 Å². The third kappa shape index (κ3) is 1.80. The molecular formula is C9H16FNO2S. The van der Waals surface area contributed by atoms with Crippen LogP contribution in [0.15, 0.2) is 0 Å². The van der Waals surface area contributed by atoms with Crippen molar-refractivity contribution in [2.24, 2.45) is 17.6 Å². The Morgan fingerprint density at radius 1 is 1.29 bits per heavy atom. The van der Waals surface area contributed by atoms with Gasteiger partial charge < -0.3 is 5.73 Å². The fourth-order valence-corrected chi connectivity index (χ4v) is 5.02. The van der Waals surface area contributed by atoms with Gasteiger partial charge in [0.2, 0.25) is 0 Å². The van der Waals surface area contributed by atoms with E-state index in [1.807, 2.05) is 0 Å². The minimum Gasteiger partial charge on any atom is -0.327 e. The Morgan fingerprint density at radius 3 is 2.14 bits per heavy atom. The first kappa shape index (κ1) is 10.4. The molecule has 1 aliphatic heterocycles. The molecule has 2 rings (SSSR count). The summed E-state index contributed by atoms with van der Waals surface area (Å²) in [6.45, 7) is 1.55. The van der Waals surface area contributed by atoms with Crippen molar-refractivity contribution < 1.29 is 12.8 Å². The van der Waals surface area contributed by atoms with Crippen molar-refractivity contribution in [3.05, 3.63) is 0 Å². The predicted octanol–water partition coefficient (Wildman–Crippen LogP) is 0.497. The zero-order valence-electron chi connectivity index (χ0n) is 8.24. The van der Waals surface area contributed by atoms with Crippen LogP contribution in [0.3, 0.4) is 0 Å². The maximum Gasteiger partial charge on any atom is 0.150 e. The van der Waals surface area contributed by atoms with Crippen molar-refractivity contribution in [1.29, 1.82) is 0 Å². The van der Waals surface area contributed by atoms with Gasteiger partial charge in [-0.2, -0.15) is 0 Å². The van der Waals surface area contributed by atoms with Crippen LogP contribution in [0.5, 0.6) is 0 Å². The lowest BCUT2D eigenvalue weighted by Crippen LogP contribution is -2.56. The second-order valence-corrected chi connectivity index (χ2v) is 7.15. The van der Waals surface area contributed by atoms with E-state index >= 15 is 0 Å². The number of halogens is 1. The zero-order valence-corrected chi connectivity index (χ0v) is 9.06. The first-order chi connectivity index (χ1) is 6.29. The molecule has 1 saturated heterocycles. The summed E-state index contributed by atoms with van der Waals surface area (Å²) in [5, 5.41) is 0. The van der Waals surface area contributed by atoms with E-state index in [1.165, 1.54) is 0 Å². The van der Waals surface area contributed by atoms with E-state index in [4.69, 9.17) is 5.73 Å². The van der Waals surface area contributed by atoms with Gasteiger partial charge >= 0.3 is 0 Å². The van der Waals surface area contributed by atoms with E-state index in [0.29, 0.717) is 12.8 Å². The van der Waals surface area contributed by atoms with E-state index in [9.17, 15) is 12.8 Å². The van der Waals surface area contributed by atoms with Gasteiger partial charge in [-0.3, -0.25) is 0 Å². The number of hydrogen-bond acceptors (Lipinski definition) is 3. The molecule has 2 atom stereocenters. The molecule has 2 fully saturated rings. The molecule has 2 unspecified atom stereocenters. The molecule has 14 heavy (non-hydrogen) atoms. The maximum absolute atomic E-state index is 13.8. The molecule has 0 aromatic carbocycles. The summed E-state index contributed by atoms with van der Waals surface area (Å²) in [7, 11) is -2.97. The summed E-state index contributed by atoms with van der Waals surface area (Å²) in [4.78, 5) is 0. The third-order valence-corrected chi connectivity index (χ3v) is 5.27. The molecular weight excluding hydrogens is 205 g/mol. The molecule has 1 aliphatic carbocycles. The Bertz CT molecular complexity index is 315. The highest BCUT2D eigenvalue weighted by Crippen LogP contribution is 2.42. The lowest BCUT2D eigenvalue weighted by atomic mass is 9.72. The van der Waals surface area contributed by atoms with Crippen molar-refractivity contribution in [1.82, 2.24) is 0 Å². The quantitative estimate of drug-likeness (QED) is 0.648. The monoisotopic (exact) mass is 221 g/mol. The van der Waals surface area contributed by atoms with E-state index in [1.54, 1.807) is 6.92 Å². The number of fused-ring (bicyclic) bond motifs is 2. The minimum atomic E-state index is -2.97. The summed E-state index contributed by atoms with van der Waals surface area (Å²) in [5.41, 5.74) is 4.67. The Labute approximate surface area is 83.8 Å². The first-order valence-corrected chi connectivity index (χ1v) is 6.76. The molecule has 5 heteroatoms. The zero-order chi connectivity index (χ0) is 10.6. The van der Waals surface area contributed by atoms with Gasteiger partial charge in [0.05, 0.1) is 11.5 Å². The summed E-state index contributed by atoms with van der Waals surface area (Å²) >= 11 is 0. The van der Waals surface area contributed by atoms with Gasteiger partial charge in [0.25, 0.3) is 0 Å². The summed E-state index contributed by atoms with van der Waals surface area (Å²) in [6.07, 6.45) is 0.591. The van der Waals surface area contributed by atoms with Crippen molar-refractivity contribution in [2.45, 2.75) is 31.5 Å². The number of hydrogen-bond donors (Lipinski definition) is 1. The fraction of sp³-hybridized carbons (Fsp3) is 1.00. The van der Waals surface area contributed by atoms with E-state index in [0.717, 1.165) is 0 Å². The smallest absolute Gasteiger partial charge is 0.150 e. The molecule has 0 radical (unpaired) electrons. The number of sulfone groups is 1. The van der Waals surface area contributed by atoms with Crippen LogP contribution in [0.25, 0.3) is 0 Å². The molecule has 2 N–H and O–H groups in total. The number of rotatable bonds is 0. The van der Waals surface area contributed by atoms with E-state index in [-0.39, 0.29) is 29.4 Å². The average Bonchev–Trinajstić information content (AvgIpc) is 1.93. The molecule has 0 aromatic heterocycles. The van der Waals surface area contributed by atoms with Crippen LogP contribution < -0.4 is 5.73 Å².